The van der Waals surface area contributed by atoms with E-state index >= 15 is 0 Å². The third-order valence-corrected chi connectivity index (χ3v) is 6.44. The zero-order valence-electron chi connectivity index (χ0n) is 13.7. The normalized spacial score (nSPS) is 22.6. The number of hydrogen-bond donors (Lipinski definition) is 0. The Morgan fingerprint density at radius 2 is 1.82 bits per heavy atom. The van der Waals surface area contributed by atoms with Gasteiger partial charge < -0.3 is 4.90 Å². The van der Waals surface area contributed by atoms with Crippen LogP contribution in [0.3, 0.4) is 0 Å². The van der Waals surface area contributed by atoms with Crippen LogP contribution in [0.25, 0.3) is 0 Å². The minimum Gasteiger partial charge on any atom is -0.303 e. The smallest absolute Gasteiger partial charge is 0.148 e. The number of rotatable bonds is 5. The van der Waals surface area contributed by atoms with Gasteiger partial charge in [0.05, 0.1) is 5.75 Å². The Bertz CT molecular complexity index is 626. The SMILES string of the molecule is Cc1ccccc1C1CCN(CC2(CS(C)(=O)=O)CC2)CC1. The van der Waals surface area contributed by atoms with E-state index in [0.717, 1.165) is 32.5 Å². The molecule has 0 unspecified atom stereocenters. The molecule has 1 aromatic rings. The molecule has 0 bridgehead atoms. The number of likely N-dealkylation sites (tertiary alicyclic amines) is 1. The predicted octanol–water partition coefficient (Wildman–Crippen LogP) is 3.00. The van der Waals surface area contributed by atoms with E-state index in [1.165, 1.54) is 30.2 Å². The summed E-state index contributed by atoms with van der Waals surface area (Å²) in [7, 11) is -2.86. The summed E-state index contributed by atoms with van der Waals surface area (Å²) in [5.41, 5.74) is 2.97. The third-order valence-electron chi connectivity index (χ3n) is 5.30. The number of hydrogen-bond acceptors (Lipinski definition) is 3. The van der Waals surface area contributed by atoms with Crippen molar-refractivity contribution < 1.29 is 8.42 Å². The van der Waals surface area contributed by atoms with Crippen molar-refractivity contribution in [2.75, 3.05) is 31.6 Å². The molecular weight excluding hydrogens is 294 g/mol. The molecule has 4 heteroatoms. The van der Waals surface area contributed by atoms with Gasteiger partial charge in [0, 0.05) is 12.8 Å². The third kappa shape index (κ3) is 3.90. The summed E-state index contributed by atoms with van der Waals surface area (Å²) in [5.74, 6) is 1.04. The highest BCUT2D eigenvalue weighted by Gasteiger charge is 2.46. The first-order valence-corrected chi connectivity index (χ1v) is 10.4. The van der Waals surface area contributed by atoms with Crippen molar-refractivity contribution in [3.05, 3.63) is 35.4 Å². The van der Waals surface area contributed by atoms with E-state index in [9.17, 15) is 8.42 Å². The fraction of sp³-hybridized carbons (Fsp3) is 0.667. The summed E-state index contributed by atoms with van der Waals surface area (Å²) < 4.78 is 23.2. The number of sulfone groups is 1. The lowest BCUT2D eigenvalue weighted by Crippen LogP contribution is -2.39. The van der Waals surface area contributed by atoms with Gasteiger partial charge in [-0.05, 0) is 68.2 Å². The second-order valence-corrected chi connectivity index (χ2v) is 9.62. The van der Waals surface area contributed by atoms with Crippen LogP contribution in [0, 0.1) is 12.3 Å². The van der Waals surface area contributed by atoms with Gasteiger partial charge in [-0.2, -0.15) is 0 Å². The molecule has 1 aliphatic carbocycles. The fourth-order valence-electron chi connectivity index (χ4n) is 4.00. The molecule has 1 saturated heterocycles. The van der Waals surface area contributed by atoms with Crippen molar-refractivity contribution in [1.82, 2.24) is 4.90 Å². The van der Waals surface area contributed by atoms with E-state index in [-0.39, 0.29) is 5.41 Å². The van der Waals surface area contributed by atoms with Crippen molar-refractivity contribution in [3.63, 3.8) is 0 Å². The average molecular weight is 321 g/mol. The molecule has 122 valence electrons. The number of benzene rings is 1. The standard InChI is InChI=1S/C18H27NO2S/c1-15-5-3-4-6-17(15)16-7-11-19(12-8-16)13-18(9-10-18)14-22(2,20)21/h3-6,16H,7-14H2,1-2H3. The van der Waals surface area contributed by atoms with Crippen LogP contribution in [0.4, 0.5) is 0 Å². The highest BCUT2D eigenvalue weighted by Crippen LogP contribution is 2.48. The number of aryl methyl sites for hydroxylation is 1. The van der Waals surface area contributed by atoms with Gasteiger partial charge in [0.15, 0.2) is 0 Å². The van der Waals surface area contributed by atoms with Gasteiger partial charge in [-0.3, -0.25) is 0 Å². The molecule has 1 aromatic carbocycles. The Morgan fingerprint density at radius 1 is 1.18 bits per heavy atom. The minimum absolute atomic E-state index is 0.0725. The van der Waals surface area contributed by atoms with Crippen molar-refractivity contribution in [2.45, 2.75) is 38.5 Å². The topological polar surface area (TPSA) is 37.4 Å². The van der Waals surface area contributed by atoms with Crippen LogP contribution in [0.2, 0.25) is 0 Å². The van der Waals surface area contributed by atoms with Crippen molar-refractivity contribution in [3.8, 4) is 0 Å². The molecule has 1 heterocycles. The predicted molar refractivity (Wildman–Crippen MR) is 91.0 cm³/mol. The van der Waals surface area contributed by atoms with Gasteiger partial charge in [-0.25, -0.2) is 8.42 Å². The Morgan fingerprint density at radius 3 is 2.36 bits per heavy atom. The van der Waals surface area contributed by atoms with Crippen molar-refractivity contribution >= 4 is 9.84 Å². The average Bonchev–Trinajstić information content (AvgIpc) is 3.17. The monoisotopic (exact) mass is 321 g/mol. The summed E-state index contributed by atoms with van der Waals surface area (Å²) in [6, 6.07) is 8.71. The van der Waals surface area contributed by atoms with Gasteiger partial charge in [0.2, 0.25) is 0 Å². The lowest BCUT2D eigenvalue weighted by atomic mass is 9.86. The van der Waals surface area contributed by atoms with E-state index in [1.54, 1.807) is 0 Å². The van der Waals surface area contributed by atoms with E-state index in [0.29, 0.717) is 11.7 Å². The Hall–Kier alpha value is -0.870. The Labute approximate surface area is 134 Å². The molecule has 1 aliphatic heterocycles. The van der Waals surface area contributed by atoms with Crippen LogP contribution in [-0.4, -0.2) is 45.0 Å². The second kappa shape index (κ2) is 5.97. The van der Waals surface area contributed by atoms with Crippen LogP contribution in [0.1, 0.15) is 42.7 Å². The largest absolute Gasteiger partial charge is 0.303 e. The maximum atomic E-state index is 11.6. The summed E-state index contributed by atoms with van der Waals surface area (Å²) in [5, 5.41) is 0. The Kier molecular flexibility index (Phi) is 4.34. The molecule has 22 heavy (non-hydrogen) atoms. The van der Waals surface area contributed by atoms with Crippen LogP contribution >= 0.6 is 0 Å². The lowest BCUT2D eigenvalue weighted by molar-refractivity contribution is 0.181. The van der Waals surface area contributed by atoms with Gasteiger partial charge in [-0.15, -0.1) is 0 Å². The molecule has 2 aliphatic rings. The molecule has 0 aromatic heterocycles. The summed E-state index contributed by atoms with van der Waals surface area (Å²) in [4.78, 5) is 2.49. The van der Waals surface area contributed by atoms with E-state index < -0.39 is 9.84 Å². The van der Waals surface area contributed by atoms with Crippen LogP contribution in [0.5, 0.6) is 0 Å². The van der Waals surface area contributed by atoms with Crippen LogP contribution in [0.15, 0.2) is 24.3 Å². The molecular formula is C18H27NO2S. The number of piperidine rings is 1. The quantitative estimate of drug-likeness (QED) is 0.836. The van der Waals surface area contributed by atoms with E-state index in [1.807, 2.05) is 0 Å². The van der Waals surface area contributed by atoms with Crippen LogP contribution in [-0.2, 0) is 9.84 Å². The highest BCUT2D eigenvalue weighted by molar-refractivity contribution is 7.90. The molecule has 0 amide bonds. The summed E-state index contributed by atoms with van der Waals surface area (Å²) in [6.07, 6.45) is 5.92. The maximum absolute atomic E-state index is 11.6. The van der Waals surface area contributed by atoms with Gasteiger partial charge >= 0.3 is 0 Å². The van der Waals surface area contributed by atoms with Gasteiger partial charge in [0.1, 0.15) is 9.84 Å². The molecule has 1 saturated carbocycles. The molecule has 2 fully saturated rings. The van der Waals surface area contributed by atoms with Gasteiger partial charge in [-0.1, -0.05) is 24.3 Å². The molecule has 0 spiro atoms. The maximum Gasteiger partial charge on any atom is 0.148 e. The van der Waals surface area contributed by atoms with Crippen LogP contribution < -0.4 is 0 Å². The van der Waals surface area contributed by atoms with Gasteiger partial charge in [0.25, 0.3) is 0 Å². The highest BCUT2D eigenvalue weighted by atomic mass is 32.2. The molecule has 0 N–H and O–H groups in total. The summed E-state index contributed by atoms with van der Waals surface area (Å²) >= 11 is 0. The van der Waals surface area contributed by atoms with Crippen molar-refractivity contribution in [1.29, 1.82) is 0 Å². The Balaban J connectivity index is 1.56. The van der Waals surface area contributed by atoms with E-state index in [2.05, 4.69) is 36.1 Å². The second-order valence-electron chi connectivity index (χ2n) is 7.48. The fourth-order valence-corrected chi connectivity index (χ4v) is 5.49. The van der Waals surface area contributed by atoms with E-state index in [4.69, 9.17) is 0 Å². The minimum atomic E-state index is -2.86. The first-order chi connectivity index (χ1) is 10.4. The molecule has 0 radical (unpaired) electrons. The first kappa shape index (κ1) is 16.0. The summed E-state index contributed by atoms with van der Waals surface area (Å²) in [6.45, 7) is 5.38. The zero-order valence-corrected chi connectivity index (χ0v) is 14.5. The zero-order chi connectivity index (χ0) is 15.8. The van der Waals surface area contributed by atoms with Crippen molar-refractivity contribution in [2.24, 2.45) is 5.41 Å². The number of nitrogens with zero attached hydrogens (tertiary/aromatic N) is 1. The molecule has 3 rings (SSSR count). The lowest BCUT2D eigenvalue weighted by Gasteiger charge is -2.35. The molecule has 3 nitrogen and oxygen atoms in total. The first-order valence-electron chi connectivity index (χ1n) is 8.33. The molecule has 0 atom stereocenters.